The molecule has 0 aromatic heterocycles. The number of phenolic OH excluding ortho intramolecular Hbond substituents is 3. The van der Waals surface area contributed by atoms with E-state index in [1.807, 2.05) is 0 Å². The van der Waals surface area contributed by atoms with Gasteiger partial charge >= 0.3 is 0 Å². The van der Waals surface area contributed by atoms with E-state index < -0.39 is 17.2 Å². The monoisotopic (exact) mass is 253 g/mol. The van der Waals surface area contributed by atoms with Gasteiger partial charge in [0.15, 0.2) is 17.2 Å². The standard InChI is InChI=1S/C13H7N3O3/c14-5-9(10(6-15)7-16)2-1-8-3-11(17)13(19)12(18)4-8/h1-4,17-19H. The van der Waals surface area contributed by atoms with Crippen molar-refractivity contribution < 1.29 is 15.3 Å². The molecule has 0 aliphatic rings. The van der Waals surface area contributed by atoms with Crippen LogP contribution in [0.2, 0.25) is 0 Å². The van der Waals surface area contributed by atoms with E-state index in [0.29, 0.717) is 0 Å². The van der Waals surface area contributed by atoms with Gasteiger partial charge in [-0.1, -0.05) is 6.08 Å². The fourth-order valence-corrected chi connectivity index (χ4v) is 1.22. The SMILES string of the molecule is N#CC(C#N)=C(C#N)C=Cc1cc(O)c(O)c(O)c1. The molecule has 0 fully saturated rings. The number of hydrogen-bond acceptors (Lipinski definition) is 6. The van der Waals surface area contributed by atoms with Crippen LogP contribution in [0.1, 0.15) is 5.56 Å². The topological polar surface area (TPSA) is 132 Å². The Morgan fingerprint density at radius 3 is 1.89 bits per heavy atom. The summed E-state index contributed by atoms with van der Waals surface area (Å²) in [6, 6.07) is 7.15. The van der Waals surface area contributed by atoms with Crippen molar-refractivity contribution in [2.45, 2.75) is 0 Å². The highest BCUT2D eigenvalue weighted by atomic mass is 16.3. The lowest BCUT2D eigenvalue weighted by Crippen LogP contribution is -1.81. The zero-order chi connectivity index (χ0) is 14.4. The van der Waals surface area contributed by atoms with E-state index in [2.05, 4.69) is 0 Å². The maximum absolute atomic E-state index is 9.28. The molecule has 0 heterocycles. The number of phenols is 3. The van der Waals surface area contributed by atoms with Gasteiger partial charge in [-0.3, -0.25) is 0 Å². The van der Waals surface area contributed by atoms with Crippen LogP contribution in [0.4, 0.5) is 0 Å². The second-order valence-corrected chi connectivity index (χ2v) is 3.37. The fourth-order valence-electron chi connectivity index (χ4n) is 1.22. The van der Waals surface area contributed by atoms with Crippen LogP contribution in [0.3, 0.4) is 0 Å². The largest absolute Gasteiger partial charge is 0.504 e. The summed E-state index contributed by atoms with van der Waals surface area (Å²) in [5, 5.41) is 53.7. The Labute approximate surface area is 108 Å². The van der Waals surface area contributed by atoms with Crippen molar-refractivity contribution in [2.75, 3.05) is 0 Å². The van der Waals surface area contributed by atoms with Crippen LogP contribution in [0.15, 0.2) is 29.4 Å². The molecular weight excluding hydrogens is 246 g/mol. The Hall–Kier alpha value is -3.43. The number of aromatic hydroxyl groups is 3. The molecule has 3 N–H and O–H groups in total. The van der Waals surface area contributed by atoms with Crippen LogP contribution in [0.5, 0.6) is 17.2 Å². The molecule has 1 aromatic carbocycles. The molecule has 0 saturated carbocycles. The number of allylic oxidation sites excluding steroid dienone is 3. The summed E-state index contributed by atoms with van der Waals surface area (Å²) < 4.78 is 0. The minimum absolute atomic E-state index is 0.142. The molecular formula is C13H7N3O3. The van der Waals surface area contributed by atoms with Crippen molar-refractivity contribution in [3.63, 3.8) is 0 Å². The van der Waals surface area contributed by atoms with Gasteiger partial charge in [-0.15, -0.1) is 0 Å². The van der Waals surface area contributed by atoms with Gasteiger partial charge in [-0.05, 0) is 23.8 Å². The van der Waals surface area contributed by atoms with Gasteiger partial charge < -0.3 is 15.3 Å². The Kier molecular flexibility index (Phi) is 4.14. The highest BCUT2D eigenvalue weighted by molar-refractivity contribution is 5.64. The molecule has 0 aliphatic carbocycles. The van der Waals surface area contributed by atoms with Crippen LogP contribution in [0, 0.1) is 34.0 Å². The maximum Gasteiger partial charge on any atom is 0.200 e. The van der Waals surface area contributed by atoms with Crippen molar-refractivity contribution in [3.8, 4) is 35.5 Å². The third-order valence-electron chi connectivity index (χ3n) is 2.15. The smallest absolute Gasteiger partial charge is 0.200 e. The lowest BCUT2D eigenvalue weighted by molar-refractivity contribution is 0.368. The van der Waals surface area contributed by atoms with Crippen molar-refractivity contribution in [3.05, 3.63) is 34.9 Å². The zero-order valence-electron chi connectivity index (χ0n) is 9.49. The molecule has 0 bridgehead atoms. The quantitative estimate of drug-likeness (QED) is 0.417. The summed E-state index contributed by atoms with van der Waals surface area (Å²) in [7, 11) is 0. The van der Waals surface area contributed by atoms with Gasteiger partial charge in [-0.25, -0.2) is 0 Å². The summed E-state index contributed by atoms with van der Waals surface area (Å²) in [5.41, 5.74) is -0.196. The number of benzene rings is 1. The van der Waals surface area contributed by atoms with Gasteiger partial charge in [0.05, 0.1) is 5.57 Å². The third kappa shape index (κ3) is 3.03. The van der Waals surface area contributed by atoms with E-state index in [1.54, 1.807) is 18.2 Å². The molecule has 0 aliphatic heterocycles. The summed E-state index contributed by atoms with van der Waals surface area (Å²) in [6.07, 6.45) is 2.51. The number of rotatable bonds is 2. The van der Waals surface area contributed by atoms with Crippen LogP contribution in [0.25, 0.3) is 6.08 Å². The third-order valence-corrected chi connectivity index (χ3v) is 2.15. The minimum Gasteiger partial charge on any atom is -0.504 e. The van der Waals surface area contributed by atoms with Crippen LogP contribution in [-0.2, 0) is 0 Å². The number of hydrogen-bond donors (Lipinski definition) is 3. The Morgan fingerprint density at radius 1 is 0.947 bits per heavy atom. The molecule has 19 heavy (non-hydrogen) atoms. The van der Waals surface area contributed by atoms with Crippen molar-refractivity contribution in [2.24, 2.45) is 0 Å². The van der Waals surface area contributed by atoms with Gasteiger partial charge in [0.25, 0.3) is 0 Å². The van der Waals surface area contributed by atoms with Gasteiger partial charge in [-0.2, -0.15) is 15.8 Å². The highest BCUT2D eigenvalue weighted by Gasteiger charge is 2.07. The van der Waals surface area contributed by atoms with E-state index in [4.69, 9.17) is 20.9 Å². The predicted molar refractivity (Wildman–Crippen MR) is 64.3 cm³/mol. The first kappa shape index (κ1) is 13.6. The van der Waals surface area contributed by atoms with Crippen LogP contribution >= 0.6 is 0 Å². The van der Waals surface area contributed by atoms with Crippen molar-refractivity contribution >= 4 is 6.08 Å². The Balaban J connectivity index is 3.21. The first-order valence-electron chi connectivity index (χ1n) is 4.91. The average molecular weight is 253 g/mol. The molecule has 0 radical (unpaired) electrons. The normalized spacial score (nSPS) is 9.32. The molecule has 92 valence electrons. The molecule has 6 heteroatoms. The second-order valence-electron chi connectivity index (χ2n) is 3.37. The van der Waals surface area contributed by atoms with E-state index in [1.165, 1.54) is 12.2 Å². The van der Waals surface area contributed by atoms with Crippen LogP contribution in [-0.4, -0.2) is 15.3 Å². The molecule has 0 spiro atoms. The first-order valence-corrected chi connectivity index (χ1v) is 4.91. The van der Waals surface area contributed by atoms with Gasteiger partial charge in [0.1, 0.15) is 23.8 Å². The fraction of sp³-hybridized carbons (Fsp3) is 0. The van der Waals surface area contributed by atoms with Crippen LogP contribution < -0.4 is 0 Å². The van der Waals surface area contributed by atoms with E-state index in [-0.39, 0.29) is 16.7 Å². The molecule has 1 aromatic rings. The molecule has 0 saturated heterocycles. The Morgan fingerprint density at radius 2 is 1.47 bits per heavy atom. The van der Waals surface area contributed by atoms with Crippen molar-refractivity contribution in [1.29, 1.82) is 15.8 Å². The molecule has 6 nitrogen and oxygen atoms in total. The van der Waals surface area contributed by atoms with E-state index in [9.17, 15) is 10.2 Å². The summed E-state index contributed by atoms with van der Waals surface area (Å²) in [5.74, 6) is -1.70. The number of nitrogens with zero attached hydrogens (tertiary/aromatic N) is 3. The average Bonchev–Trinajstić information content (AvgIpc) is 2.40. The lowest BCUT2D eigenvalue weighted by atomic mass is 10.1. The van der Waals surface area contributed by atoms with E-state index >= 15 is 0 Å². The highest BCUT2D eigenvalue weighted by Crippen LogP contribution is 2.35. The summed E-state index contributed by atoms with van der Waals surface area (Å²) in [4.78, 5) is 0. The van der Waals surface area contributed by atoms with E-state index in [0.717, 1.165) is 12.1 Å². The van der Waals surface area contributed by atoms with Gasteiger partial charge in [0.2, 0.25) is 0 Å². The minimum atomic E-state index is -0.650. The number of nitriles is 3. The van der Waals surface area contributed by atoms with Crippen molar-refractivity contribution in [1.82, 2.24) is 0 Å². The van der Waals surface area contributed by atoms with Gasteiger partial charge in [0, 0.05) is 0 Å². The lowest BCUT2D eigenvalue weighted by Gasteiger charge is -2.02. The molecule has 0 amide bonds. The summed E-state index contributed by atoms with van der Waals surface area (Å²) in [6.45, 7) is 0. The zero-order valence-corrected chi connectivity index (χ0v) is 9.49. The predicted octanol–water partition coefficient (Wildman–Crippen LogP) is 1.68. The Bertz CT molecular complexity index is 658. The summed E-state index contributed by atoms with van der Waals surface area (Å²) >= 11 is 0. The second kappa shape index (κ2) is 5.77. The maximum atomic E-state index is 9.28. The first-order chi connectivity index (χ1) is 9.03. The molecule has 0 atom stereocenters. The molecule has 0 unspecified atom stereocenters. The molecule has 1 rings (SSSR count).